The van der Waals surface area contributed by atoms with Crippen molar-refractivity contribution >= 4 is 5.82 Å². The Kier molecular flexibility index (Phi) is 3.97. The molecule has 0 unspecified atom stereocenters. The molecule has 0 fully saturated rings. The van der Waals surface area contributed by atoms with Gasteiger partial charge in [-0.05, 0) is 44.0 Å². The molecular formula is C14H18N4O. The van der Waals surface area contributed by atoms with E-state index in [1.807, 2.05) is 25.1 Å². The number of nitrogens with two attached hydrogens (primary N) is 1. The molecule has 0 aliphatic rings. The van der Waals surface area contributed by atoms with Gasteiger partial charge in [-0.3, -0.25) is 0 Å². The molecule has 0 aliphatic carbocycles. The number of anilines is 1. The molecule has 19 heavy (non-hydrogen) atoms. The van der Waals surface area contributed by atoms with Gasteiger partial charge >= 0.3 is 0 Å². The highest BCUT2D eigenvalue weighted by atomic mass is 16.5. The fraction of sp³-hybridized carbons (Fsp3) is 0.286. The lowest BCUT2D eigenvalue weighted by Crippen LogP contribution is -2.12. The molecule has 0 radical (unpaired) electrons. The van der Waals surface area contributed by atoms with Crippen LogP contribution in [-0.4, -0.2) is 9.97 Å². The molecule has 1 heterocycles. The van der Waals surface area contributed by atoms with Crippen molar-refractivity contribution in [1.29, 1.82) is 0 Å². The molecule has 0 atom stereocenters. The first-order valence-electron chi connectivity index (χ1n) is 6.09. The summed E-state index contributed by atoms with van der Waals surface area (Å²) in [6.45, 7) is 6.34. The lowest BCUT2D eigenvalue weighted by molar-refractivity contribution is 0.295. The summed E-state index contributed by atoms with van der Waals surface area (Å²) in [7, 11) is 0. The third-order valence-electron chi connectivity index (χ3n) is 2.89. The predicted octanol–water partition coefficient (Wildman–Crippen LogP) is 2.27. The monoisotopic (exact) mass is 258 g/mol. The summed E-state index contributed by atoms with van der Waals surface area (Å²) in [5.41, 5.74) is 5.81. The Labute approximate surface area is 112 Å². The number of nitrogens with one attached hydrogen (secondary N) is 1. The average molecular weight is 258 g/mol. The van der Waals surface area contributed by atoms with E-state index in [0.29, 0.717) is 18.2 Å². The summed E-state index contributed by atoms with van der Waals surface area (Å²) in [5.74, 6) is 7.36. The van der Waals surface area contributed by atoms with Gasteiger partial charge in [-0.2, -0.15) is 0 Å². The number of nitrogens with zero attached hydrogens (tertiary/aromatic N) is 2. The van der Waals surface area contributed by atoms with Gasteiger partial charge in [-0.1, -0.05) is 6.07 Å². The van der Waals surface area contributed by atoms with Crippen LogP contribution in [0.4, 0.5) is 5.82 Å². The van der Waals surface area contributed by atoms with Gasteiger partial charge in [-0.15, -0.1) is 0 Å². The molecule has 0 saturated heterocycles. The maximum atomic E-state index is 5.69. The molecule has 0 spiro atoms. The summed E-state index contributed by atoms with van der Waals surface area (Å²) in [4.78, 5) is 8.54. The third kappa shape index (κ3) is 3.42. The van der Waals surface area contributed by atoms with Crippen LogP contribution in [0.15, 0.2) is 24.3 Å². The number of benzene rings is 1. The molecule has 2 rings (SSSR count). The SMILES string of the molecule is Cc1cc(NN)nc(COc2ccc(C)c(C)c2)n1. The smallest absolute Gasteiger partial charge is 0.168 e. The van der Waals surface area contributed by atoms with Gasteiger partial charge in [0.1, 0.15) is 18.2 Å². The zero-order chi connectivity index (χ0) is 13.8. The molecule has 0 bridgehead atoms. The van der Waals surface area contributed by atoms with E-state index in [0.717, 1.165) is 11.4 Å². The van der Waals surface area contributed by atoms with Crippen molar-refractivity contribution in [3.05, 3.63) is 46.9 Å². The highest BCUT2D eigenvalue weighted by molar-refractivity contribution is 5.35. The predicted molar refractivity (Wildman–Crippen MR) is 74.8 cm³/mol. The van der Waals surface area contributed by atoms with E-state index >= 15 is 0 Å². The van der Waals surface area contributed by atoms with Crippen LogP contribution in [0.25, 0.3) is 0 Å². The lowest BCUT2D eigenvalue weighted by atomic mass is 10.1. The number of aromatic nitrogens is 2. The fourth-order valence-corrected chi connectivity index (χ4v) is 1.72. The van der Waals surface area contributed by atoms with Crippen molar-refractivity contribution in [3.8, 4) is 5.75 Å². The highest BCUT2D eigenvalue weighted by Gasteiger charge is 2.03. The summed E-state index contributed by atoms with van der Waals surface area (Å²) in [6.07, 6.45) is 0. The number of ether oxygens (including phenoxy) is 1. The van der Waals surface area contributed by atoms with Crippen LogP contribution in [0.2, 0.25) is 0 Å². The summed E-state index contributed by atoms with van der Waals surface area (Å²) in [5, 5.41) is 0. The summed E-state index contributed by atoms with van der Waals surface area (Å²) < 4.78 is 5.69. The Bertz CT molecular complexity index is 584. The van der Waals surface area contributed by atoms with E-state index in [4.69, 9.17) is 10.6 Å². The number of rotatable bonds is 4. The maximum Gasteiger partial charge on any atom is 0.168 e. The first-order valence-corrected chi connectivity index (χ1v) is 6.09. The van der Waals surface area contributed by atoms with Gasteiger partial charge in [0.15, 0.2) is 5.82 Å². The molecule has 5 nitrogen and oxygen atoms in total. The first kappa shape index (κ1) is 13.3. The minimum atomic E-state index is 0.318. The Hall–Kier alpha value is -2.14. The van der Waals surface area contributed by atoms with Crippen LogP contribution in [-0.2, 0) is 6.61 Å². The largest absolute Gasteiger partial charge is 0.486 e. The maximum absolute atomic E-state index is 5.69. The minimum absolute atomic E-state index is 0.318. The molecular weight excluding hydrogens is 240 g/mol. The topological polar surface area (TPSA) is 73.1 Å². The van der Waals surface area contributed by atoms with Crippen molar-refractivity contribution in [2.45, 2.75) is 27.4 Å². The van der Waals surface area contributed by atoms with E-state index in [1.165, 1.54) is 11.1 Å². The van der Waals surface area contributed by atoms with Crippen LogP contribution < -0.4 is 16.0 Å². The van der Waals surface area contributed by atoms with Gasteiger partial charge in [0, 0.05) is 11.8 Å². The first-order chi connectivity index (χ1) is 9.08. The van der Waals surface area contributed by atoms with Gasteiger partial charge in [0.25, 0.3) is 0 Å². The third-order valence-corrected chi connectivity index (χ3v) is 2.89. The molecule has 0 amide bonds. The van der Waals surface area contributed by atoms with Gasteiger partial charge < -0.3 is 10.2 Å². The number of hydrogen-bond acceptors (Lipinski definition) is 5. The molecule has 100 valence electrons. The molecule has 0 saturated carbocycles. The van der Waals surface area contributed by atoms with Crippen LogP contribution in [0, 0.1) is 20.8 Å². The molecule has 1 aromatic carbocycles. The second-order valence-electron chi connectivity index (χ2n) is 4.49. The van der Waals surface area contributed by atoms with Crippen LogP contribution in [0.3, 0.4) is 0 Å². The standard InChI is InChI=1S/C14H18N4O/c1-9-4-5-12(6-10(9)2)19-8-14-16-11(3)7-13(17-14)18-15/h4-7H,8,15H2,1-3H3,(H,16,17,18). The van der Waals surface area contributed by atoms with Crippen molar-refractivity contribution in [1.82, 2.24) is 9.97 Å². The van der Waals surface area contributed by atoms with E-state index < -0.39 is 0 Å². The van der Waals surface area contributed by atoms with E-state index in [-0.39, 0.29) is 0 Å². The normalized spacial score (nSPS) is 10.3. The Morgan fingerprint density at radius 1 is 1.11 bits per heavy atom. The number of nitrogen functional groups attached to an aromatic ring is 1. The number of hydrazine groups is 1. The van der Waals surface area contributed by atoms with Crippen molar-refractivity contribution < 1.29 is 4.74 Å². The van der Waals surface area contributed by atoms with E-state index in [2.05, 4.69) is 29.2 Å². The zero-order valence-electron chi connectivity index (χ0n) is 11.4. The summed E-state index contributed by atoms with van der Waals surface area (Å²) in [6, 6.07) is 7.77. The molecule has 1 aromatic heterocycles. The molecule has 3 N–H and O–H groups in total. The van der Waals surface area contributed by atoms with Gasteiger partial charge in [0.2, 0.25) is 0 Å². The summed E-state index contributed by atoms with van der Waals surface area (Å²) >= 11 is 0. The Morgan fingerprint density at radius 3 is 2.58 bits per heavy atom. The van der Waals surface area contributed by atoms with Crippen LogP contribution >= 0.6 is 0 Å². The van der Waals surface area contributed by atoms with Gasteiger partial charge in [-0.25, -0.2) is 15.8 Å². The van der Waals surface area contributed by atoms with Gasteiger partial charge in [0.05, 0.1) is 0 Å². The molecule has 5 heteroatoms. The highest BCUT2D eigenvalue weighted by Crippen LogP contribution is 2.17. The molecule has 2 aromatic rings. The van der Waals surface area contributed by atoms with Crippen molar-refractivity contribution in [2.24, 2.45) is 5.84 Å². The van der Waals surface area contributed by atoms with Crippen LogP contribution in [0.1, 0.15) is 22.6 Å². The second kappa shape index (κ2) is 5.67. The second-order valence-corrected chi connectivity index (χ2v) is 4.49. The number of aryl methyl sites for hydroxylation is 3. The Morgan fingerprint density at radius 2 is 1.89 bits per heavy atom. The minimum Gasteiger partial charge on any atom is -0.486 e. The van der Waals surface area contributed by atoms with Crippen molar-refractivity contribution in [3.63, 3.8) is 0 Å². The lowest BCUT2D eigenvalue weighted by Gasteiger charge is -2.09. The zero-order valence-corrected chi connectivity index (χ0v) is 11.4. The van der Waals surface area contributed by atoms with Crippen LogP contribution in [0.5, 0.6) is 5.75 Å². The molecule has 0 aliphatic heterocycles. The fourth-order valence-electron chi connectivity index (χ4n) is 1.72. The van der Waals surface area contributed by atoms with E-state index in [9.17, 15) is 0 Å². The Balaban J connectivity index is 2.09. The van der Waals surface area contributed by atoms with E-state index in [1.54, 1.807) is 6.07 Å². The number of hydrogen-bond donors (Lipinski definition) is 2. The quantitative estimate of drug-likeness (QED) is 0.650. The average Bonchev–Trinajstić information content (AvgIpc) is 2.39. The van der Waals surface area contributed by atoms with Crippen molar-refractivity contribution in [2.75, 3.05) is 5.43 Å².